The van der Waals surface area contributed by atoms with Gasteiger partial charge in [-0.3, -0.25) is 19.1 Å². The third-order valence-corrected chi connectivity index (χ3v) is 5.33. The van der Waals surface area contributed by atoms with Crippen LogP contribution in [-0.2, 0) is 23.3 Å². The number of nitriles is 1. The summed E-state index contributed by atoms with van der Waals surface area (Å²) in [7, 11) is 1.58. The lowest BCUT2D eigenvalue weighted by molar-refractivity contribution is 0.120. The van der Waals surface area contributed by atoms with E-state index in [9.17, 15) is 18.4 Å². The van der Waals surface area contributed by atoms with Crippen LogP contribution in [0.15, 0.2) is 40.3 Å². The topological polar surface area (TPSA) is 116 Å². The summed E-state index contributed by atoms with van der Waals surface area (Å²) >= 11 is 6.93. The molecule has 0 unspecified atom stereocenters. The minimum atomic E-state index is -3.37. The van der Waals surface area contributed by atoms with Gasteiger partial charge in [-0.2, -0.15) is 14.0 Å². The van der Waals surface area contributed by atoms with E-state index >= 15 is 0 Å². The fraction of sp³-hybridized carbons (Fsp3) is 0.250. The largest absolute Gasteiger partial charge is 0.359 e. The van der Waals surface area contributed by atoms with Gasteiger partial charge >= 0.3 is 3.93 Å². The highest BCUT2D eigenvalue weighted by Gasteiger charge is 2.33. The van der Waals surface area contributed by atoms with Crippen molar-refractivity contribution in [3.05, 3.63) is 84.4 Å². The molecule has 0 saturated carbocycles. The summed E-state index contributed by atoms with van der Waals surface area (Å²) in [5.74, 6) is 0.253. The van der Waals surface area contributed by atoms with Gasteiger partial charge in [-0.15, -0.1) is 0 Å². The molecule has 0 amide bonds. The van der Waals surface area contributed by atoms with Crippen molar-refractivity contribution in [2.24, 2.45) is 0 Å². The zero-order valence-electron chi connectivity index (χ0n) is 16.6. The lowest BCUT2D eigenvalue weighted by atomic mass is 10.0. The molecule has 0 aliphatic rings. The minimum Gasteiger partial charge on any atom is -0.359 e. The fourth-order valence-corrected chi connectivity index (χ4v) is 3.81. The number of anilines is 1. The van der Waals surface area contributed by atoms with Gasteiger partial charge in [-0.1, -0.05) is 11.6 Å². The minimum absolute atomic E-state index is 0.0564. The van der Waals surface area contributed by atoms with Gasteiger partial charge in [0, 0.05) is 46.4 Å². The van der Waals surface area contributed by atoms with E-state index in [1.54, 1.807) is 19.2 Å². The molecule has 0 saturated heterocycles. The third kappa shape index (κ3) is 5.49. The van der Waals surface area contributed by atoms with Crippen molar-refractivity contribution in [1.29, 1.82) is 5.26 Å². The standard InChI is InChI=1S/C20H16ClF2IN6O2/c1-26-19-27-8-13(17(31)29-19)9-30-10-28-16(20(22,23)24)15(18(30)32)3-2-11-4-12(7-25)6-14(21)5-11/h4-6,8,10H,2-3,9H2,1H3,(H2,26,27,29,31). The van der Waals surface area contributed by atoms with E-state index in [0.29, 0.717) is 16.1 Å². The van der Waals surface area contributed by atoms with Crippen LogP contribution in [0.25, 0.3) is 0 Å². The van der Waals surface area contributed by atoms with Gasteiger partial charge in [0.1, 0.15) is 5.69 Å². The lowest BCUT2D eigenvalue weighted by Crippen LogP contribution is -2.31. The molecule has 3 rings (SSSR count). The van der Waals surface area contributed by atoms with Crippen molar-refractivity contribution in [2.45, 2.75) is 23.3 Å². The van der Waals surface area contributed by atoms with Crippen LogP contribution in [0.3, 0.4) is 0 Å². The van der Waals surface area contributed by atoms with E-state index in [2.05, 4.69) is 20.3 Å². The first-order valence-corrected chi connectivity index (χ1v) is 10.7. The number of rotatable bonds is 7. The summed E-state index contributed by atoms with van der Waals surface area (Å²) in [5, 5.41) is 12.1. The van der Waals surface area contributed by atoms with E-state index in [1.807, 2.05) is 6.07 Å². The lowest BCUT2D eigenvalue weighted by Gasteiger charge is -2.15. The molecular formula is C20H16ClF2IN6O2. The molecule has 2 heterocycles. The van der Waals surface area contributed by atoms with Crippen LogP contribution in [0.5, 0.6) is 0 Å². The second kappa shape index (κ2) is 9.74. The van der Waals surface area contributed by atoms with Crippen molar-refractivity contribution in [3.8, 4) is 6.07 Å². The Bertz CT molecular complexity index is 1310. The molecule has 0 bridgehead atoms. The molecule has 0 aliphatic heterocycles. The highest BCUT2D eigenvalue weighted by atomic mass is 127. The van der Waals surface area contributed by atoms with Gasteiger partial charge in [-0.05, 0) is 36.6 Å². The van der Waals surface area contributed by atoms with Crippen LogP contribution in [0.2, 0.25) is 5.02 Å². The van der Waals surface area contributed by atoms with Crippen LogP contribution < -0.4 is 16.4 Å². The molecular weight excluding hydrogens is 557 g/mol. The summed E-state index contributed by atoms with van der Waals surface area (Å²) in [6.45, 7) is -0.187. The zero-order chi connectivity index (χ0) is 23.5. The Labute approximate surface area is 199 Å². The van der Waals surface area contributed by atoms with Gasteiger partial charge < -0.3 is 5.32 Å². The average Bonchev–Trinajstić information content (AvgIpc) is 2.74. The monoisotopic (exact) mass is 572 g/mol. The number of aromatic amines is 1. The number of hydrogen-bond acceptors (Lipinski definition) is 6. The number of alkyl halides is 3. The van der Waals surface area contributed by atoms with Gasteiger partial charge in [0.05, 0.1) is 30.1 Å². The number of halogens is 4. The Kier molecular flexibility index (Phi) is 7.25. The first kappa shape index (κ1) is 23.8. The Balaban J connectivity index is 1.98. The number of benzene rings is 1. The van der Waals surface area contributed by atoms with E-state index < -0.39 is 20.7 Å². The smallest absolute Gasteiger partial charge is 0.338 e. The number of nitrogens with one attached hydrogen (secondary N) is 2. The maximum atomic E-state index is 14.1. The summed E-state index contributed by atoms with van der Waals surface area (Å²) in [6, 6.07) is 6.65. The predicted molar refractivity (Wildman–Crippen MR) is 123 cm³/mol. The zero-order valence-corrected chi connectivity index (χ0v) is 19.5. The molecule has 166 valence electrons. The van der Waals surface area contributed by atoms with Crippen LogP contribution in [0, 0.1) is 11.3 Å². The van der Waals surface area contributed by atoms with Crippen molar-refractivity contribution >= 4 is 40.1 Å². The van der Waals surface area contributed by atoms with Crippen molar-refractivity contribution in [3.63, 3.8) is 0 Å². The third-order valence-electron chi connectivity index (χ3n) is 4.60. The highest BCUT2D eigenvalue weighted by molar-refractivity contribution is 14.1. The Hall–Kier alpha value is -2.85. The normalized spacial score (nSPS) is 11.2. The van der Waals surface area contributed by atoms with Gasteiger partial charge in [0.15, 0.2) is 0 Å². The summed E-state index contributed by atoms with van der Waals surface area (Å²) in [5.41, 5.74) is -0.861. The Morgan fingerprint density at radius 2 is 2.03 bits per heavy atom. The average molecular weight is 573 g/mol. The fourth-order valence-electron chi connectivity index (χ4n) is 3.09. The Morgan fingerprint density at radius 3 is 2.66 bits per heavy atom. The van der Waals surface area contributed by atoms with Crippen molar-refractivity contribution < 1.29 is 8.78 Å². The molecule has 0 atom stereocenters. The molecule has 32 heavy (non-hydrogen) atoms. The van der Waals surface area contributed by atoms with Crippen LogP contribution in [0.1, 0.15) is 27.9 Å². The summed E-state index contributed by atoms with van der Waals surface area (Å²) in [4.78, 5) is 35.6. The van der Waals surface area contributed by atoms with Crippen molar-refractivity contribution in [2.75, 3.05) is 12.4 Å². The molecule has 2 N–H and O–H groups in total. The molecule has 0 spiro atoms. The molecule has 0 fully saturated rings. The van der Waals surface area contributed by atoms with E-state index in [4.69, 9.17) is 16.9 Å². The maximum Gasteiger partial charge on any atom is 0.338 e. The molecule has 8 nitrogen and oxygen atoms in total. The van der Waals surface area contributed by atoms with Crippen molar-refractivity contribution in [1.82, 2.24) is 19.5 Å². The number of hydrogen-bond donors (Lipinski definition) is 2. The Morgan fingerprint density at radius 1 is 1.28 bits per heavy atom. The van der Waals surface area contributed by atoms with E-state index in [1.165, 1.54) is 12.3 Å². The van der Waals surface area contributed by atoms with E-state index in [-0.39, 0.29) is 36.5 Å². The van der Waals surface area contributed by atoms with Gasteiger partial charge in [0.2, 0.25) is 5.95 Å². The molecule has 0 aliphatic carbocycles. The van der Waals surface area contributed by atoms with Crippen LogP contribution in [0.4, 0.5) is 14.7 Å². The predicted octanol–water partition coefficient (Wildman–Crippen LogP) is 3.21. The number of aromatic nitrogens is 4. The molecule has 3 aromatic rings. The molecule has 12 heteroatoms. The van der Waals surface area contributed by atoms with E-state index in [0.717, 1.165) is 33.5 Å². The first-order valence-electron chi connectivity index (χ1n) is 9.23. The molecule has 0 radical (unpaired) electrons. The van der Waals surface area contributed by atoms with Gasteiger partial charge in [0.25, 0.3) is 11.1 Å². The second-order valence-electron chi connectivity index (χ2n) is 6.80. The molecule has 2 aromatic heterocycles. The summed E-state index contributed by atoms with van der Waals surface area (Å²) in [6.07, 6.45) is 2.42. The van der Waals surface area contributed by atoms with Gasteiger partial charge in [-0.25, -0.2) is 9.97 Å². The maximum absolute atomic E-state index is 14.1. The summed E-state index contributed by atoms with van der Waals surface area (Å²) < 4.78 is 26.0. The number of aryl methyl sites for hydroxylation is 1. The van der Waals surface area contributed by atoms with Crippen LogP contribution >= 0.6 is 34.2 Å². The number of nitrogens with zero attached hydrogens (tertiary/aromatic N) is 4. The second-order valence-corrected chi connectivity index (χ2v) is 8.59. The van der Waals surface area contributed by atoms with Crippen LogP contribution in [-0.4, -0.2) is 26.6 Å². The quantitative estimate of drug-likeness (QED) is 0.332. The first-order chi connectivity index (χ1) is 15.1. The highest BCUT2D eigenvalue weighted by Crippen LogP contribution is 2.35. The SMILES string of the molecule is CNc1ncc(Cn2cnc(C(F)(F)I)c(CCc3cc(Cl)cc(C#N)c3)c2=O)c(=O)[nH]1. The molecule has 1 aromatic carbocycles. The number of H-pyrrole nitrogens is 1.